The largest absolute Gasteiger partial charge is 0.364 e. The Morgan fingerprint density at radius 3 is 3.17 bits per heavy atom. The SMILES string of the molecule is O=c1c2cc(Cl)c(Br)cc2ncn1C[C@]1(O)C[C@H]2NCCC[C@H]2O1. The van der Waals surface area contributed by atoms with Gasteiger partial charge < -0.3 is 15.2 Å². The van der Waals surface area contributed by atoms with E-state index in [1.807, 2.05) is 0 Å². The Bertz CT molecular complexity index is 842. The van der Waals surface area contributed by atoms with Crippen molar-refractivity contribution in [2.45, 2.75) is 43.7 Å². The number of nitrogens with zero attached hydrogens (tertiary/aromatic N) is 2. The topological polar surface area (TPSA) is 76.4 Å². The third-order valence-corrected chi connectivity index (χ3v) is 5.91. The van der Waals surface area contributed by atoms with Gasteiger partial charge in [0, 0.05) is 16.9 Å². The molecule has 4 rings (SSSR count). The van der Waals surface area contributed by atoms with E-state index in [0.29, 0.717) is 26.8 Å². The molecule has 0 amide bonds. The quantitative estimate of drug-likeness (QED) is 0.786. The first-order valence-electron chi connectivity index (χ1n) is 7.93. The van der Waals surface area contributed by atoms with Crippen molar-refractivity contribution in [2.24, 2.45) is 0 Å². The summed E-state index contributed by atoms with van der Waals surface area (Å²) in [5, 5.41) is 15.0. The molecule has 2 aliphatic heterocycles. The molecule has 2 saturated heterocycles. The summed E-state index contributed by atoms with van der Waals surface area (Å²) >= 11 is 9.41. The summed E-state index contributed by atoms with van der Waals surface area (Å²) in [7, 11) is 0. The van der Waals surface area contributed by atoms with Gasteiger partial charge in [-0.15, -0.1) is 0 Å². The number of nitrogens with one attached hydrogen (secondary N) is 1. The van der Waals surface area contributed by atoms with Crippen LogP contribution in [0.5, 0.6) is 0 Å². The number of piperidine rings is 1. The molecule has 0 saturated carbocycles. The molecule has 1 aromatic heterocycles. The van der Waals surface area contributed by atoms with Crippen LogP contribution in [0.15, 0.2) is 27.7 Å². The molecule has 3 heterocycles. The normalized spacial score (nSPS) is 29.8. The van der Waals surface area contributed by atoms with Crippen molar-refractivity contribution in [1.82, 2.24) is 14.9 Å². The lowest BCUT2D eigenvalue weighted by Crippen LogP contribution is -2.41. The molecule has 1 aromatic carbocycles. The molecule has 8 heteroatoms. The highest BCUT2D eigenvalue weighted by atomic mass is 79.9. The van der Waals surface area contributed by atoms with Crippen LogP contribution < -0.4 is 10.9 Å². The number of ether oxygens (including phenoxy) is 1. The summed E-state index contributed by atoms with van der Waals surface area (Å²) in [6.07, 6.45) is 3.86. The second-order valence-corrected chi connectivity index (χ2v) is 7.73. The van der Waals surface area contributed by atoms with Crippen molar-refractivity contribution in [3.8, 4) is 0 Å². The van der Waals surface area contributed by atoms with Crippen molar-refractivity contribution >= 4 is 38.4 Å². The predicted molar refractivity (Wildman–Crippen MR) is 94.2 cm³/mol. The van der Waals surface area contributed by atoms with Gasteiger partial charge in [0.15, 0.2) is 5.79 Å². The Hall–Kier alpha value is -0.990. The number of benzene rings is 1. The summed E-state index contributed by atoms with van der Waals surface area (Å²) in [4.78, 5) is 17.0. The van der Waals surface area contributed by atoms with Gasteiger partial charge >= 0.3 is 0 Å². The molecule has 2 aliphatic rings. The Kier molecular flexibility index (Phi) is 4.17. The van der Waals surface area contributed by atoms with Gasteiger partial charge in [-0.2, -0.15) is 0 Å². The fourth-order valence-corrected chi connectivity index (χ4v) is 4.07. The second kappa shape index (κ2) is 6.07. The summed E-state index contributed by atoms with van der Waals surface area (Å²) in [6, 6.07) is 3.44. The summed E-state index contributed by atoms with van der Waals surface area (Å²) < 4.78 is 7.92. The lowest BCUT2D eigenvalue weighted by molar-refractivity contribution is -0.202. The number of hydrogen-bond donors (Lipinski definition) is 2. The van der Waals surface area contributed by atoms with Gasteiger partial charge in [-0.05, 0) is 47.4 Å². The zero-order valence-electron chi connectivity index (χ0n) is 12.8. The van der Waals surface area contributed by atoms with Gasteiger partial charge in [0.05, 0.1) is 34.9 Å². The van der Waals surface area contributed by atoms with Crippen LogP contribution in [0.1, 0.15) is 19.3 Å². The van der Waals surface area contributed by atoms with Crippen LogP contribution in [0.4, 0.5) is 0 Å². The highest BCUT2D eigenvalue weighted by Gasteiger charge is 2.46. The minimum Gasteiger partial charge on any atom is -0.364 e. The summed E-state index contributed by atoms with van der Waals surface area (Å²) in [5.74, 6) is -1.36. The van der Waals surface area contributed by atoms with Crippen LogP contribution in [-0.4, -0.2) is 39.1 Å². The Balaban J connectivity index is 1.66. The molecular weight excluding hydrogens is 398 g/mol. The van der Waals surface area contributed by atoms with E-state index in [9.17, 15) is 9.90 Å². The second-order valence-electron chi connectivity index (χ2n) is 6.47. The number of aromatic nitrogens is 2. The fraction of sp³-hybridized carbons (Fsp3) is 0.500. The van der Waals surface area contributed by atoms with Crippen LogP contribution in [0.2, 0.25) is 5.02 Å². The maximum Gasteiger partial charge on any atom is 0.261 e. The third kappa shape index (κ3) is 2.88. The summed E-state index contributed by atoms with van der Waals surface area (Å²) in [5.41, 5.74) is 0.316. The van der Waals surface area contributed by atoms with Gasteiger partial charge in [0.25, 0.3) is 5.56 Å². The first-order chi connectivity index (χ1) is 11.5. The molecule has 24 heavy (non-hydrogen) atoms. The van der Waals surface area contributed by atoms with E-state index in [0.717, 1.165) is 19.4 Å². The predicted octanol–water partition coefficient (Wildman–Crippen LogP) is 2.04. The van der Waals surface area contributed by atoms with Crippen LogP contribution in [0.25, 0.3) is 10.9 Å². The van der Waals surface area contributed by atoms with Gasteiger partial charge in [0.1, 0.15) is 0 Å². The van der Waals surface area contributed by atoms with E-state index in [4.69, 9.17) is 16.3 Å². The molecule has 0 bridgehead atoms. The zero-order chi connectivity index (χ0) is 16.9. The molecular formula is C16H17BrClN3O3. The van der Waals surface area contributed by atoms with Crippen molar-refractivity contribution in [1.29, 1.82) is 0 Å². The van der Waals surface area contributed by atoms with E-state index in [-0.39, 0.29) is 24.2 Å². The minimum absolute atomic E-state index is 0.00160. The smallest absolute Gasteiger partial charge is 0.261 e. The van der Waals surface area contributed by atoms with E-state index >= 15 is 0 Å². The molecule has 128 valence electrons. The standard InChI is InChI=1S/C16H17BrClN3O3/c17-10-5-12-9(4-11(10)18)15(22)21(8-20-12)7-16(23)6-13-14(24-16)2-1-3-19-13/h4-5,8,13-14,19,23H,1-3,6-7H2/t13-,14-,16+/m1/s1. The minimum atomic E-state index is -1.36. The lowest BCUT2D eigenvalue weighted by atomic mass is 9.99. The maximum absolute atomic E-state index is 12.7. The number of halogens is 2. The van der Waals surface area contributed by atoms with Crippen molar-refractivity contribution in [3.05, 3.63) is 38.3 Å². The zero-order valence-corrected chi connectivity index (χ0v) is 15.2. The number of fused-ring (bicyclic) bond motifs is 2. The number of hydrogen-bond acceptors (Lipinski definition) is 5. The Labute approximate surface area is 151 Å². The monoisotopic (exact) mass is 413 g/mol. The highest BCUT2D eigenvalue weighted by molar-refractivity contribution is 9.10. The average molecular weight is 415 g/mol. The van der Waals surface area contributed by atoms with E-state index in [2.05, 4.69) is 26.2 Å². The molecule has 0 radical (unpaired) electrons. The van der Waals surface area contributed by atoms with E-state index < -0.39 is 5.79 Å². The molecule has 6 nitrogen and oxygen atoms in total. The number of aliphatic hydroxyl groups is 1. The molecule has 3 atom stereocenters. The van der Waals surface area contributed by atoms with Crippen molar-refractivity contribution in [3.63, 3.8) is 0 Å². The highest BCUT2D eigenvalue weighted by Crippen LogP contribution is 2.34. The van der Waals surface area contributed by atoms with Gasteiger partial charge in [-0.1, -0.05) is 11.6 Å². The molecule has 0 aliphatic carbocycles. The van der Waals surface area contributed by atoms with Crippen LogP contribution in [0.3, 0.4) is 0 Å². The van der Waals surface area contributed by atoms with Crippen LogP contribution in [-0.2, 0) is 11.3 Å². The maximum atomic E-state index is 12.7. The van der Waals surface area contributed by atoms with E-state index in [1.165, 1.54) is 10.9 Å². The molecule has 2 aromatic rings. The van der Waals surface area contributed by atoms with Gasteiger partial charge in [-0.25, -0.2) is 4.98 Å². The average Bonchev–Trinajstić information content (AvgIpc) is 2.88. The molecule has 0 spiro atoms. The molecule has 2 fully saturated rings. The molecule has 0 unspecified atom stereocenters. The molecule has 2 N–H and O–H groups in total. The van der Waals surface area contributed by atoms with Gasteiger partial charge in [0.2, 0.25) is 0 Å². The third-order valence-electron chi connectivity index (χ3n) is 4.71. The van der Waals surface area contributed by atoms with Crippen LogP contribution >= 0.6 is 27.5 Å². The summed E-state index contributed by atoms with van der Waals surface area (Å²) in [6.45, 7) is 0.989. The first kappa shape index (κ1) is 16.5. The Morgan fingerprint density at radius 2 is 2.38 bits per heavy atom. The van der Waals surface area contributed by atoms with Gasteiger partial charge in [-0.3, -0.25) is 9.36 Å². The van der Waals surface area contributed by atoms with Crippen molar-refractivity contribution < 1.29 is 9.84 Å². The fourth-order valence-electron chi connectivity index (χ4n) is 3.58. The number of rotatable bonds is 2. The van der Waals surface area contributed by atoms with Crippen molar-refractivity contribution in [2.75, 3.05) is 6.54 Å². The lowest BCUT2D eigenvalue weighted by Gasteiger charge is -2.25. The van der Waals surface area contributed by atoms with E-state index in [1.54, 1.807) is 12.1 Å². The Morgan fingerprint density at radius 1 is 1.54 bits per heavy atom. The van der Waals surface area contributed by atoms with Crippen LogP contribution in [0, 0.1) is 0 Å². The first-order valence-corrected chi connectivity index (χ1v) is 9.10.